The van der Waals surface area contributed by atoms with Crippen LogP contribution < -0.4 is 16.0 Å². The van der Waals surface area contributed by atoms with Crippen molar-refractivity contribution in [1.82, 2.24) is 10.3 Å². The third kappa shape index (κ3) is 6.16. The second-order valence-electron chi connectivity index (χ2n) is 5.49. The molecule has 0 aliphatic carbocycles. The Hall–Kier alpha value is -2.27. The average molecular weight is 333 g/mol. The summed E-state index contributed by atoms with van der Waals surface area (Å²) < 4.78 is 0. The summed E-state index contributed by atoms with van der Waals surface area (Å²) in [5.74, 6) is 0.520. The maximum absolute atomic E-state index is 11.6. The highest BCUT2D eigenvalue weighted by atomic mass is 35.5. The first-order chi connectivity index (χ1) is 11.0. The molecule has 2 amide bonds. The van der Waals surface area contributed by atoms with Gasteiger partial charge in [0.1, 0.15) is 5.82 Å². The highest BCUT2D eigenvalue weighted by molar-refractivity contribution is 6.30. The van der Waals surface area contributed by atoms with Crippen molar-refractivity contribution in [3.05, 3.63) is 53.2 Å². The molecule has 23 heavy (non-hydrogen) atoms. The van der Waals surface area contributed by atoms with Crippen LogP contribution in [-0.2, 0) is 6.42 Å². The van der Waals surface area contributed by atoms with Crippen molar-refractivity contribution in [2.45, 2.75) is 26.3 Å². The molecule has 2 rings (SSSR count). The molecule has 6 heteroatoms. The number of urea groups is 1. The van der Waals surface area contributed by atoms with Crippen LogP contribution >= 0.6 is 11.6 Å². The summed E-state index contributed by atoms with van der Waals surface area (Å²) in [5, 5.41) is 9.48. The predicted octanol–water partition coefficient (Wildman–Crippen LogP) is 3.92. The molecule has 5 nitrogen and oxygen atoms in total. The number of halogens is 1. The van der Waals surface area contributed by atoms with E-state index in [0.717, 1.165) is 23.7 Å². The van der Waals surface area contributed by atoms with E-state index in [9.17, 15) is 4.79 Å². The number of hydrogen-bond acceptors (Lipinski definition) is 3. The Balaban J connectivity index is 1.78. The van der Waals surface area contributed by atoms with E-state index in [1.165, 1.54) is 5.56 Å². The molecule has 2 aromatic rings. The number of aromatic nitrogens is 1. The Labute approximate surface area is 141 Å². The van der Waals surface area contributed by atoms with Gasteiger partial charge in [-0.1, -0.05) is 23.7 Å². The molecule has 0 unspecified atom stereocenters. The number of hydrogen-bond donors (Lipinski definition) is 3. The molecule has 0 bridgehead atoms. The minimum Gasteiger partial charge on any atom is -0.383 e. The van der Waals surface area contributed by atoms with Gasteiger partial charge in [0.05, 0.1) is 11.9 Å². The lowest BCUT2D eigenvalue weighted by molar-refractivity contribution is 0.250. The molecule has 0 spiro atoms. The standard InChI is InChI=1S/C17H21ClN4O/c1-12(2)21-17(23)22-16-8-7-15(11-20-16)19-10-9-13-3-5-14(18)6-4-13/h3-8,11-12,19H,9-10H2,1-2H3,(H2,20,21,22,23). The second-order valence-corrected chi connectivity index (χ2v) is 5.92. The first kappa shape index (κ1) is 17.1. The summed E-state index contributed by atoms with van der Waals surface area (Å²) in [7, 11) is 0. The van der Waals surface area contributed by atoms with E-state index in [2.05, 4.69) is 20.9 Å². The zero-order chi connectivity index (χ0) is 16.7. The van der Waals surface area contributed by atoms with E-state index >= 15 is 0 Å². The molecule has 122 valence electrons. The van der Waals surface area contributed by atoms with Gasteiger partial charge in [-0.15, -0.1) is 0 Å². The first-order valence-electron chi connectivity index (χ1n) is 7.55. The van der Waals surface area contributed by atoms with Crippen LogP contribution in [-0.4, -0.2) is 23.6 Å². The summed E-state index contributed by atoms with van der Waals surface area (Å²) in [6, 6.07) is 11.3. The van der Waals surface area contributed by atoms with Crippen molar-refractivity contribution in [2.24, 2.45) is 0 Å². The molecular formula is C17H21ClN4O. The molecular weight excluding hydrogens is 312 g/mol. The number of anilines is 2. The van der Waals surface area contributed by atoms with Gasteiger partial charge in [-0.2, -0.15) is 0 Å². The van der Waals surface area contributed by atoms with E-state index in [4.69, 9.17) is 11.6 Å². The normalized spacial score (nSPS) is 10.4. The van der Waals surface area contributed by atoms with Crippen molar-refractivity contribution >= 4 is 29.1 Å². The lowest BCUT2D eigenvalue weighted by Gasteiger charge is -2.10. The second kappa shape index (κ2) is 8.39. The van der Waals surface area contributed by atoms with Crippen LogP contribution in [0.25, 0.3) is 0 Å². The fourth-order valence-electron chi connectivity index (χ4n) is 1.99. The maximum Gasteiger partial charge on any atom is 0.320 e. The first-order valence-corrected chi connectivity index (χ1v) is 7.92. The molecule has 0 aliphatic rings. The number of carbonyl (C=O) groups excluding carboxylic acids is 1. The molecule has 1 aromatic heterocycles. The fraction of sp³-hybridized carbons (Fsp3) is 0.294. The van der Waals surface area contributed by atoms with Crippen molar-refractivity contribution < 1.29 is 4.79 Å². The summed E-state index contributed by atoms with van der Waals surface area (Å²) >= 11 is 5.86. The van der Waals surface area contributed by atoms with Crippen LogP contribution in [0.2, 0.25) is 5.02 Å². The van der Waals surface area contributed by atoms with Crippen molar-refractivity contribution in [1.29, 1.82) is 0 Å². The number of benzene rings is 1. The van der Waals surface area contributed by atoms with Crippen LogP contribution in [0.15, 0.2) is 42.6 Å². The minimum atomic E-state index is -0.254. The smallest absolute Gasteiger partial charge is 0.320 e. The van der Waals surface area contributed by atoms with E-state index in [1.807, 2.05) is 44.2 Å². The minimum absolute atomic E-state index is 0.0869. The Kier molecular flexibility index (Phi) is 6.23. The molecule has 1 aromatic carbocycles. The summed E-state index contributed by atoms with van der Waals surface area (Å²) in [6.07, 6.45) is 2.60. The highest BCUT2D eigenvalue weighted by Crippen LogP contribution is 2.12. The van der Waals surface area contributed by atoms with Crippen LogP contribution in [0.4, 0.5) is 16.3 Å². The van der Waals surface area contributed by atoms with E-state index in [1.54, 1.807) is 12.3 Å². The largest absolute Gasteiger partial charge is 0.383 e. The van der Waals surface area contributed by atoms with Crippen LogP contribution in [0, 0.1) is 0 Å². The topological polar surface area (TPSA) is 66.1 Å². The van der Waals surface area contributed by atoms with Gasteiger partial charge in [-0.25, -0.2) is 9.78 Å². The summed E-state index contributed by atoms with van der Waals surface area (Å²) in [4.78, 5) is 15.8. The quantitative estimate of drug-likeness (QED) is 0.751. The Bertz CT molecular complexity index is 626. The van der Waals surface area contributed by atoms with Crippen LogP contribution in [0.3, 0.4) is 0 Å². The van der Waals surface area contributed by atoms with Crippen LogP contribution in [0.1, 0.15) is 19.4 Å². The number of carbonyl (C=O) groups is 1. The summed E-state index contributed by atoms with van der Waals surface area (Å²) in [5.41, 5.74) is 2.13. The Morgan fingerprint density at radius 3 is 2.52 bits per heavy atom. The number of nitrogens with zero attached hydrogens (tertiary/aromatic N) is 1. The third-order valence-corrected chi connectivity index (χ3v) is 3.33. The average Bonchev–Trinajstić information content (AvgIpc) is 2.50. The number of rotatable bonds is 6. The molecule has 0 aliphatic heterocycles. The van der Waals surface area contributed by atoms with E-state index in [0.29, 0.717) is 5.82 Å². The van der Waals surface area contributed by atoms with Crippen molar-refractivity contribution in [3.8, 4) is 0 Å². The van der Waals surface area contributed by atoms with Crippen molar-refractivity contribution in [3.63, 3.8) is 0 Å². The van der Waals surface area contributed by atoms with Gasteiger partial charge in [-0.3, -0.25) is 5.32 Å². The van der Waals surface area contributed by atoms with Crippen LogP contribution in [0.5, 0.6) is 0 Å². The number of pyridine rings is 1. The SMILES string of the molecule is CC(C)NC(=O)Nc1ccc(NCCc2ccc(Cl)cc2)cn1. The lowest BCUT2D eigenvalue weighted by Crippen LogP contribution is -2.34. The van der Waals surface area contributed by atoms with Gasteiger partial charge in [0.15, 0.2) is 0 Å². The van der Waals surface area contributed by atoms with Crippen molar-refractivity contribution in [2.75, 3.05) is 17.2 Å². The molecule has 1 heterocycles. The molecule has 3 N–H and O–H groups in total. The molecule has 0 fully saturated rings. The number of amides is 2. The third-order valence-electron chi connectivity index (χ3n) is 3.08. The van der Waals surface area contributed by atoms with E-state index < -0.39 is 0 Å². The molecule has 0 saturated heterocycles. The molecule has 0 radical (unpaired) electrons. The number of nitrogens with one attached hydrogen (secondary N) is 3. The van der Waals surface area contributed by atoms with Gasteiger partial charge < -0.3 is 10.6 Å². The zero-order valence-corrected chi connectivity index (χ0v) is 14.0. The Morgan fingerprint density at radius 2 is 1.91 bits per heavy atom. The molecule has 0 saturated carbocycles. The lowest BCUT2D eigenvalue weighted by atomic mass is 10.1. The van der Waals surface area contributed by atoms with Gasteiger partial charge in [0, 0.05) is 17.6 Å². The highest BCUT2D eigenvalue weighted by Gasteiger charge is 2.04. The predicted molar refractivity (Wildman–Crippen MR) is 95.2 cm³/mol. The monoisotopic (exact) mass is 332 g/mol. The van der Waals surface area contributed by atoms with E-state index in [-0.39, 0.29) is 12.1 Å². The van der Waals surface area contributed by atoms with Gasteiger partial charge in [-0.05, 0) is 50.1 Å². The molecule has 0 atom stereocenters. The Morgan fingerprint density at radius 1 is 1.17 bits per heavy atom. The van der Waals surface area contributed by atoms with Gasteiger partial charge in [0.2, 0.25) is 0 Å². The zero-order valence-electron chi connectivity index (χ0n) is 13.3. The maximum atomic E-state index is 11.6. The summed E-state index contributed by atoms with van der Waals surface area (Å²) in [6.45, 7) is 4.60. The fourth-order valence-corrected chi connectivity index (χ4v) is 2.12. The van der Waals surface area contributed by atoms with Gasteiger partial charge >= 0.3 is 6.03 Å². The van der Waals surface area contributed by atoms with Gasteiger partial charge in [0.25, 0.3) is 0 Å².